The van der Waals surface area contributed by atoms with Crippen molar-refractivity contribution in [3.8, 4) is 0 Å². The maximum absolute atomic E-state index is 13.8. The smallest absolute Gasteiger partial charge is 0.390 e. The summed E-state index contributed by atoms with van der Waals surface area (Å²) in [6, 6.07) is -6.44. The highest BCUT2D eigenvalue weighted by Gasteiger charge is 2.57. The Hall–Kier alpha value is -3.64. The third kappa shape index (κ3) is 34.7. The molecule has 0 radical (unpaired) electrons. The number of rotatable bonds is 51. The molecule has 8 rings (SSSR count). The molecule has 8 unspecified atom stereocenters. The lowest BCUT2D eigenvalue weighted by Gasteiger charge is -2.48. The summed E-state index contributed by atoms with van der Waals surface area (Å²) in [6.45, 7) is 2.70. The van der Waals surface area contributed by atoms with Crippen molar-refractivity contribution in [2.24, 2.45) is 0 Å². The molecule has 8 saturated heterocycles. The summed E-state index contributed by atoms with van der Waals surface area (Å²) in [4.78, 5) is 54.3. The molecule has 8 aliphatic heterocycles. The molecule has 8 fully saturated rings. The lowest BCUT2D eigenvalue weighted by Crippen LogP contribution is -2.68. The molecule has 8 heterocycles. The number of unbranched alkanes of at least 4 members (excludes halogenated alkanes) is 10. The number of amides is 4. The van der Waals surface area contributed by atoms with Crippen LogP contribution in [0.3, 0.4) is 0 Å². The lowest BCUT2D eigenvalue weighted by atomic mass is 9.95. The third-order valence-electron chi connectivity index (χ3n) is 22.0. The van der Waals surface area contributed by atoms with Crippen LogP contribution in [0.5, 0.6) is 0 Å². The Morgan fingerprint density at radius 1 is 0.310 bits per heavy atom. The molecular formula is C73H128N4O45S4. The monoisotopic (exact) mass is 1910 g/mol. The Balaban J connectivity index is 0.975. The van der Waals surface area contributed by atoms with Crippen molar-refractivity contribution in [3.63, 3.8) is 0 Å². The summed E-state index contributed by atoms with van der Waals surface area (Å²) in [5, 5.41) is 116. The van der Waals surface area contributed by atoms with Crippen LogP contribution in [-0.2, 0) is 153 Å². The molecule has 49 nitrogen and oxygen atoms in total. The predicted molar refractivity (Wildman–Crippen MR) is 420 cm³/mol. The van der Waals surface area contributed by atoms with Crippen LogP contribution < -0.4 is 21.3 Å². The Morgan fingerprint density at radius 2 is 0.548 bits per heavy atom. The molecule has 4 amide bonds. The Labute approximate surface area is 731 Å². The number of aliphatic hydroxyl groups excluding tert-OH is 9. The number of nitrogens with one attached hydrogen (secondary N) is 4. The van der Waals surface area contributed by atoms with E-state index in [0.29, 0.717) is 77.0 Å². The molecule has 734 valence electrons. The van der Waals surface area contributed by atoms with Crippen molar-refractivity contribution in [2.75, 3.05) is 59.5 Å². The summed E-state index contributed by atoms with van der Waals surface area (Å²) in [5.41, 5.74) is 0. The highest BCUT2D eigenvalue weighted by atomic mass is 32.3. The van der Waals surface area contributed by atoms with E-state index in [1.54, 1.807) is 0 Å². The van der Waals surface area contributed by atoms with Crippen LogP contribution in [0.25, 0.3) is 0 Å². The van der Waals surface area contributed by atoms with Crippen molar-refractivity contribution in [1.29, 1.82) is 0 Å². The van der Waals surface area contributed by atoms with Crippen LogP contribution in [0.4, 0.5) is 0 Å². The van der Waals surface area contributed by atoms with Gasteiger partial charge in [0.15, 0.2) is 50.3 Å². The number of carbonyl (C=O) groups excluding carboxylic acids is 4. The van der Waals surface area contributed by atoms with E-state index in [9.17, 15) is 117 Å². The fraction of sp³-hybridized carbons (Fsp3) is 0.945. The van der Waals surface area contributed by atoms with Crippen molar-refractivity contribution in [3.05, 3.63) is 0 Å². The minimum absolute atomic E-state index is 0.0482. The van der Waals surface area contributed by atoms with Crippen LogP contribution in [0.15, 0.2) is 0 Å². The first-order valence-electron chi connectivity index (χ1n) is 42.6. The molecule has 0 spiro atoms. The zero-order valence-electron chi connectivity index (χ0n) is 70.6. The van der Waals surface area contributed by atoms with Gasteiger partial charge < -0.3 is 143 Å². The third-order valence-corrected chi connectivity index (χ3v) is 23.7. The van der Waals surface area contributed by atoms with Gasteiger partial charge in [0.2, 0.25) is 23.6 Å². The van der Waals surface area contributed by atoms with E-state index in [4.69, 9.17) is 84.2 Å². The Kier molecular flexibility index (Phi) is 44.2. The van der Waals surface area contributed by atoms with Crippen molar-refractivity contribution < 1.29 is 210 Å². The van der Waals surface area contributed by atoms with Gasteiger partial charge in [-0.25, -0.2) is 16.7 Å². The van der Waals surface area contributed by atoms with Gasteiger partial charge in [0.25, 0.3) is 0 Å². The summed E-state index contributed by atoms with van der Waals surface area (Å²) in [7, 11) is -21.1. The van der Waals surface area contributed by atoms with E-state index in [0.717, 1.165) is 19.3 Å². The van der Waals surface area contributed by atoms with Crippen molar-refractivity contribution >= 4 is 65.2 Å². The van der Waals surface area contributed by atoms with Gasteiger partial charge in [-0.1, -0.05) is 98.8 Å². The summed E-state index contributed by atoms with van der Waals surface area (Å²) < 4.78 is 252. The first-order chi connectivity index (χ1) is 59.6. The number of hydrogen-bond acceptors (Lipinski definition) is 41. The van der Waals surface area contributed by atoms with Gasteiger partial charge in [0.1, 0.15) is 122 Å². The van der Waals surface area contributed by atoms with E-state index < -0.39 is 334 Å². The Morgan fingerprint density at radius 3 is 0.794 bits per heavy atom. The molecular weight excluding hydrogens is 1780 g/mol. The van der Waals surface area contributed by atoms with Gasteiger partial charge in [-0.15, -0.1) is 0 Å². The van der Waals surface area contributed by atoms with Crippen LogP contribution in [0.1, 0.15) is 182 Å². The van der Waals surface area contributed by atoms with E-state index in [2.05, 4.69) is 29.6 Å². The summed E-state index contributed by atoms with van der Waals surface area (Å²) in [5.74, 6) is -2.52. The lowest BCUT2D eigenvalue weighted by molar-refractivity contribution is -0.352. The van der Waals surface area contributed by atoms with Crippen LogP contribution in [-0.4, -0.2) is 377 Å². The van der Waals surface area contributed by atoms with Crippen molar-refractivity contribution in [2.45, 2.75) is 379 Å². The van der Waals surface area contributed by atoms with E-state index >= 15 is 0 Å². The highest BCUT2D eigenvalue weighted by Crippen LogP contribution is 2.38. The van der Waals surface area contributed by atoms with E-state index in [1.807, 2.05) is 34.6 Å². The largest absolute Gasteiger partial charge is 0.397 e. The molecule has 0 aliphatic carbocycles. The number of aliphatic hydroxyl groups is 9. The normalized spacial score (nSPS) is 36.9. The first kappa shape index (κ1) is 108. The van der Waals surface area contributed by atoms with Gasteiger partial charge >= 0.3 is 41.6 Å². The second-order valence-electron chi connectivity index (χ2n) is 32.0. The topological polar surface area (TPSA) is 701 Å². The molecule has 0 bridgehead atoms. The van der Waals surface area contributed by atoms with Gasteiger partial charge in [-0.05, 0) is 32.1 Å². The van der Waals surface area contributed by atoms with Gasteiger partial charge in [-0.3, -0.25) is 37.4 Å². The quantitative estimate of drug-likeness (QED) is 0.0208. The van der Waals surface area contributed by atoms with Crippen molar-refractivity contribution in [1.82, 2.24) is 21.3 Å². The van der Waals surface area contributed by atoms with Crippen LogP contribution in [0, 0.1) is 0 Å². The van der Waals surface area contributed by atoms with E-state index in [1.165, 1.54) is 0 Å². The minimum Gasteiger partial charge on any atom is -0.390 e. The molecule has 0 aromatic rings. The molecule has 17 N–H and O–H groups in total. The van der Waals surface area contributed by atoms with Gasteiger partial charge in [0.05, 0.1) is 77.3 Å². The van der Waals surface area contributed by atoms with Crippen LogP contribution >= 0.6 is 0 Å². The average Bonchev–Trinajstić information content (AvgIpc) is 0.792. The fourth-order valence-electron chi connectivity index (χ4n) is 15.2. The molecule has 53 heteroatoms. The number of hydrogen-bond donors (Lipinski definition) is 17. The van der Waals surface area contributed by atoms with Gasteiger partial charge in [-0.2, -0.15) is 33.7 Å². The maximum Gasteiger partial charge on any atom is 0.397 e. The molecule has 126 heavy (non-hydrogen) atoms. The predicted octanol–water partition coefficient (Wildman–Crippen LogP) is -3.44. The summed E-state index contributed by atoms with van der Waals surface area (Å²) in [6.07, 6.45) is -41.2. The highest BCUT2D eigenvalue weighted by molar-refractivity contribution is 7.81. The first-order valence-corrected chi connectivity index (χ1v) is 48.1. The molecule has 0 saturated carbocycles. The summed E-state index contributed by atoms with van der Waals surface area (Å²) >= 11 is 0. The molecule has 0 aromatic heterocycles. The SMILES string of the molecule is CCCCCO[C@@H]1OC(COS(=O)(=O)O)[C@@H](O[C@H]2C[C@H](O)[C@@H](O[C@@H]3OC(COS(=O)(=O)O)[C@@H](O[C@H]4C[C@H](O)[C@@H](O[C@@H]5OC(COS(=O)(=O)O)[C@@H](O[C@H]6C[C@H](O)[C@@H](O[C@@H]7OC(COS(=O)(=O)O)[C@@H](O[C@H]8C[C@H](O)[C@@H](O)CO8)[C@H](O)C7NC(=O)CCCCC)CO6)[C@H](O)C5NC(=O)CCCCC)CO4)[C@H](O)C3NC(=O)CCCCC)CO2)[C@H](O)C1NC(=O)CCCCC. The standard InChI is InChI=1S/C73H128N4O45S4/c1-6-11-16-21-50(83)74-58-62(87)66(46(34-108-123(91,92)93)115-70(58)103-25-20-15-10-5)120-55-27-39(79)43(31-105-55)113-72-60(76-52(85)23-18-13-8-3)64(89)68(48(117-72)36-110-125(97,98)99)122-57-29-41(81)45(33-107-57)114-73-61(77-53(86)24-19-14-9-4)65(90)69(49(118-73)37-111-126(100,101)102)121-56-28-40(80)44(32-106-56)112-71-59(75-51(84)22-17-12-7-2)63(88)67(47(116-71)35-109-124(94,95)96)119-54-26-38(78)42(82)30-104-54/h38-49,54-73,78-82,87-90H,6-37H2,1-5H3,(H,74,83)(H,75,84)(H,76,85)(H,77,86)(H,91,92,93)(H,94,95,96)(H,97,98,99)(H,100,101,102)/t38-,39-,40-,41-,42-,43-,44-,45-,46?,47?,48?,49?,54-,55-,56-,57-,58?,59?,60?,61?,62+,63+,64+,65+,66+,67+,68+,69+,70+,71+,72+,73+/m0/s1. The minimum atomic E-state index is -5.36. The zero-order valence-corrected chi connectivity index (χ0v) is 73.9. The molecule has 8 aliphatic rings. The number of carbonyl (C=O) groups is 4. The number of ether oxygens (including phenoxy) is 16. The molecule has 32 atom stereocenters. The second kappa shape index (κ2) is 51.7. The molecule has 0 aromatic carbocycles. The van der Waals surface area contributed by atoms with Crippen LogP contribution in [0.2, 0.25) is 0 Å². The van der Waals surface area contributed by atoms with E-state index in [-0.39, 0.29) is 38.7 Å². The van der Waals surface area contributed by atoms with Gasteiger partial charge in [0, 0.05) is 58.0 Å². The zero-order chi connectivity index (χ0) is 92.4. The average molecular weight is 1910 g/mol. The Bertz CT molecular complexity index is 3760. The maximum atomic E-state index is 13.8. The second-order valence-corrected chi connectivity index (χ2v) is 36.4. The fourth-order valence-corrected chi connectivity index (χ4v) is 16.5.